The molecule has 0 radical (unpaired) electrons. The van der Waals surface area contributed by atoms with E-state index in [0.717, 1.165) is 6.42 Å². The van der Waals surface area contributed by atoms with Gasteiger partial charge in [0.2, 0.25) is 5.78 Å². The molecule has 0 fully saturated rings. The van der Waals surface area contributed by atoms with E-state index < -0.39 is 11.8 Å². The standard InChI is InChI=1S/C9H12O3/c1-3-4-5-6-7-12-9(11)8(2)10/h3,6-7H2,1-2H3. The molecule has 0 bridgehead atoms. The normalized spacial score (nSPS) is 8.17. The number of hydrogen-bond acceptors (Lipinski definition) is 3. The summed E-state index contributed by atoms with van der Waals surface area (Å²) >= 11 is 0. The third-order valence-corrected chi connectivity index (χ3v) is 1.05. The average molecular weight is 168 g/mol. The third kappa shape index (κ3) is 5.48. The smallest absolute Gasteiger partial charge is 0.374 e. The summed E-state index contributed by atoms with van der Waals surface area (Å²) in [6.45, 7) is 3.32. The zero-order valence-corrected chi connectivity index (χ0v) is 7.35. The minimum Gasteiger partial charge on any atom is -0.459 e. The predicted molar refractivity (Wildman–Crippen MR) is 44.3 cm³/mol. The van der Waals surface area contributed by atoms with Gasteiger partial charge in [-0.25, -0.2) is 4.79 Å². The summed E-state index contributed by atoms with van der Waals surface area (Å²) in [5.41, 5.74) is 0. The second kappa shape index (κ2) is 6.41. The van der Waals surface area contributed by atoms with E-state index in [-0.39, 0.29) is 6.61 Å². The molecular weight excluding hydrogens is 156 g/mol. The van der Waals surface area contributed by atoms with E-state index in [9.17, 15) is 9.59 Å². The molecule has 3 nitrogen and oxygen atoms in total. The zero-order valence-electron chi connectivity index (χ0n) is 7.35. The Kier molecular flexibility index (Phi) is 5.72. The molecule has 3 heteroatoms. The van der Waals surface area contributed by atoms with Crippen molar-refractivity contribution in [3.05, 3.63) is 0 Å². The number of ether oxygens (including phenoxy) is 1. The molecule has 0 spiro atoms. The highest BCUT2D eigenvalue weighted by Crippen LogP contribution is 1.84. The van der Waals surface area contributed by atoms with Crippen molar-refractivity contribution in [3.63, 3.8) is 0 Å². The van der Waals surface area contributed by atoms with E-state index in [1.807, 2.05) is 6.92 Å². The van der Waals surface area contributed by atoms with Gasteiger partial charge in [0, 0.05) is 19.8 Å². The predicted octanol–water partition coefficient (Wildman–Crippen LogP) is 0.922. The quantitative estimate of drug-likeness (QED) is 0.272. The van der Waals surface area contributed by atoms with Crippen LogP contribution in [-0.4, -0.2) is 18.4 Å². The van der Waals surface area contributed by atoms with Crippen LogP contribution < -0.4 is 0 Å². The molecule has 0 aromatic carbocycles. The number of rotatable bonds is 3. The molecule has 0 saturated carbocycles. The average Bonchev–Trinajstić information content (AvgIpc) is 2.03. The Labute approximate surface area is 72.1 Å². The van der Waals surface area contributed by atoms with Crippen LogP contribution in [0.3, 0.4) is 0 Å². The Morgan fingerprint density at radius 3 is 2.50 bits per heavy atom. The molecule has 0 heterocycles. The first-order chi connectivity index (χ1) is 5.68. The lowest BCUT2D eigenvalue weighted by atomic mass is 10.4. The Balaban J connectivity index is 3.44. The lowest BCUT2D eigenvalue weighted by Gasteiger charge is -1.96. The minimum atomic E-state index is -0.784. The Bertz CT molecular complexity index is 220. The first kappa shape index (κ1) is 10.7. The van der Waals surface area contributed by atoms with Gasteiger partial charge in [0.15, 0.2) is 0 Å². The molecule has 0 unspecified atom stereocenters. The van der Waals surface area contributed by atoms with E-state index in [2.05, 4.69) is 16.6 Å². The first-order valence-corrected chi connectivity index (χ1v) is 3.82. The lowest BCUT2D eigenvalue weighted by molar-refractivity contribution is -0.152. The summed E-state index contributed by atoms with van der Waals surface area (Å²) < 4.78 is 4.56. The second-order valence-electron chi connectivity index (χ2n) is 2.15. The number of esters is 1. The van der Waals surface area contributed by atoms with Crippen LogP contribution in [-0.2, 0) is 14.3 Å². The Morgan fingerprint density at radius 1 is 1.33 bits per heavy atom. The van der Waals surface area contributed by atoms with Crippen molar-refractivity contribution in [1.29, 1.82) is 0 Å². The van der Waals surface area contributed by atoms with Crippen LogP contribution in [0.5, 0.6) is 0 Å². The number of hydrogen-bond donors (Lipinski definition) is 0. The summed E-state index contributed by atoms with van der Waals surface area (Å²) in [5, 5.41) is 0. The SMILES string of the molecule is CCC#CCCOC(=O)C(C)=O. The van der Waals surface area contributed by atoms with Gasteiger partial charge < -0.3 is 4.74 Å². The maximum Gasteiger partial charge on any atom is 0.374 e. The van der Waals surface area contributed by atoms with Gasteiger partial charge in [0.1, 0.15) is 6.61 Å². The molecule has 0 aromatic heterocycles. The van der Waals surface area contributed by atoms with Gasteiger partial charge in [-0.3, -0.25) is 4.79 Å². The van der Waals surface area contributed by atoms with Gasteiger partial charge in [0.05, 0.1) is 0 Å². The van der Waals surface area contributed by atoms with Crippen molar-refractivity contribution in [3.8, 4) is 11.8 Å². The van der Waals surface area contributed by atoms with Crippen LogP contribution in [0.2, 0.25) is 0 Å². The fourth-order valence-electron chi connectivity index (χ4n) is 0.510. The monoisotopic (exact) mass is 168 g/mol. The van der Waals surface area contributed by atoms with Gasteiger partial charge in [-0.05, 0) is 0 Å². The van der Waals surface area contributed by atoms with Crippen molar-refractivity contribution in [2.24, 2.45) is 0 Å². The van der Waals surface area contributed by atoms with Gasteiger partial charge in [-0.2, -0.15) is 0 Å². The minimum absolute atomic E-state index is 0.200. The Hall–Kier alpha value is -1.30. The van der Waals surface area contributed by atoms with E-state index >= 15 is 0 Å². The van der Waals surface area contributed by atoms with Crippen molar-refractivity contribution in [2.75, 3.05) is 6.61 Å². The van der Waals surface area contributed by atoms with Gasteiger partial charge in [-0.1, -0.05) is 12.8 Å². The van der Waals surface area contributed by atoms with E-state index in [0.29, 0.717) is 6.42 Å². The van der Waals surface area contributed by atoms with E-state index in [1.54, 1.807) is 0 Å². The van der Waals surface area contributed by atoms with Crippen molar-refractivity contribution >= 4 is 11.8 Å². The van der Waals surface area contributed by atoms with Crippen LogP contribution >= 0.6 is 0 Å². The summed E-state index contributed by atoms with van der Waals surface area (Å²) in [4.78, 5) is 20.9. The molecule has 0 saturated heterocycles. The van der Waals surface area contributed by atoms with Crippen LogP contribution in [0.15, 0.2) is 0 Å². The largest absolute Gasteiger partial charge is 0.459 e. The molecule has 0 aliphatic rings. The highest BCUT2D eigenvalue weighted by Gasteiger charge is 2.06. The molecule has 12 heavy (non-hydrogen) atoms. The van der Waals surface area contributed by atoms with Gasteiger partial charge in [0.25, 0.3) is 0 Å². The second-order valence-corrected chi connectivity index (χ2v) is 2.15. The van der Waals surface area contributed by atoms with Crippen LogP contribution in [0.1, 0.15) is 26.7 Å². The molecule has 0 N–H and O–H groups in total. The molecule has 0 aliphatic heterocycles. The maximum absolute atomic E-state index is 10.6. The van der Waals surface area contributed by atoms with E-state index in [4.69, 9.17) is 0 Å². The molecule has 0 aliphatic carbocycles. The maximum atomic E-state index is 10.6. The molecule has 0 aromatic rings. The molecule has 66 valence electrons. The van der Waals surface area contributed by atoms with Crippen LogP contribution in [0.25, 0.3) is 0 Å². The van der Waals surface area contributed by atoms with E-state index in [1.165, 1.54) is 6.92 Å². The fourth-order valence-corrected chi connectivity index (χ4v) is 0.510. The molecule has 0 rings (SSSR count). The highest BCUT2D eigenvalue weighted by atomic mass is 16.5. The van der Waals surface area contributed by atoms with Gasteiger partial charge >= 0.3 is 5.97 Å². The van der Waals surface area contributed by atoms with Gasteiger partial charge in [-0.15, -0.1) is 5.92 Å². The third-order valence-electron chi connectivity index (χ3n) is 1.05. The number of ketones is 1. The van der Waals surface area contributed by atoms with Crippen LogP contribution in [0, 0.1) is 11.8 Å². The Morgan fingerprint density at radius 2 is 2.00 bits per heavy atom. The number of carbonyl (C=O) groups excluding carboxylic acids is 2. The first-order valence-electron chi connectivity index (χ1n) is 3.82. The van der Waals surface area contributed by atoms with Crippen LogP contribution in [0.4, 0.5) is 0 Å². The zero-order chi connectivity index (χ0) is 9.40. The summed E-state index contributed by atoms with van der Waals surface area (Å²) in [6.07, 6.45) is 1.29. The lowest BCUT2D eigenvalue weighted by Crippen LogP contribution is -2.14. The number of Topliss-reactive ketones (excluding diaryl/α,β-unsaturated/α-hetero) is 1. The fraction of sp³-hybridized carbons (Fsp3) is 0.556. The number of carbonyl (C=O) groups is 2. The van der Waals surface area contributed by atoms with Crippen molar-refractivity contribution in [1.82, 2.24) is 0 Å². The summed E-state index contributed by atoms with van der Waals surface area (Å²) in [5.74, 6) is 4.26. The topological polar surface area (TPSA) is 43.4 Å². The molecule has 0 amide bonds. The molecular formula is C9H12O3. The summed E-state index contributed by atoms with van der Waals surface area (Å²) in [7, 11) is 0. The van der Waals surface area contributed by atoms with Crippen molar-refractivity contribution < 1.29 is 14.3 Å². The molecule has 0 atom stereocenters. The summed E-state index contributed by atoms with van der Waals surface area (Å²) in [6, 6.07) is 0. The highest BCUT2D eigenvalue weighted by molar-refractivity contribution is 6.32. The van der Waals surface area contributed by atoms with Crippen molar-refractivity contribution in [2.45, 2.75) is 26.7 Å².